The van der Waals surface area contributed by atoms with Gasteiger partial charge in [0.1, 0.15) is 11.5 Å². The van der Waals surface area contributed by atoms with Gasteiger partial charge in [-0.25, -0.2) is 9.97 Å². The van der Waals surface area contributed by atoms with Gasteiger partial charge in [-0.2, -0.15) is 0 Å². The minimum absolute atomic E-state index is 0.528. The van der Waals surface area contributed by atoms with Gasteiger partial charge in [-0.15, -0.1) is 0 Å². The van der Waals surface area contributed by atoms with E-state index in [9.17, 15) is 0 Å². The molecule has 0 atom stereocenters. The van der Waals surface area contributed by atoms with Crippen LogP contribution in [0.25, 0.3) is 67.4 Å². The van der Waals surface area contributed by atoms with Gasteiger partial charge in [0.15, 0.2) is 5.82 Å². The fourth-order valence-electron chi connectivity index (χ4n) is 11.9. The molecule has 69 heavy (non-hydrogen) atoms. The van der Waals surface area contributed by atoms with Gasteiger partial charge in [0.25, 0.3) is 0 Å². The Morgan fingerprint density at radius 1 is 0.290 bits per heavy atom. The van der Waals surface area contributed by atoms with Crippen molar-refractivity contribution in [3.8, 4) is 78.9 Å². The highest BCUT2D eigenvalue weighted by Crippen LogP contribution is 2.67. The molecule has 0 N–H and O–H groups in total. The van der Waals surface area contributed by atoms with E-state index in [0.29, 0.717) is 5.82 Å². The van der Waals surface area contributed by atoms with Crippen LogP contribution >= 0.6 is 0 Å². The van der Waals surface area contributed by atoms with E-state index in [4.69, 9.17) is 14.7 Å². The largest absolute Gasteiger partial charge is 0.456 e. The predicted molar refractivity (Wildman–Crippen MR) is 276 cm³/mol. The van der Waals surface area contributed by atoms with E-state index in [2.05, 4.69) is 223 Å². The molecular weight excluding hydrogens is 839 g/mol. The van der Waals surface area contributed by atoms with Crippen LogP contribution in [0.4, 0.5) is 0 Å². The van der Waals surface area contributed by atoms with Crippen molar-refractivity contribution in [2.24, 2.45) is 0 Å². The summed E-state index contributed by atoms with van der Waals surface area (Å²) in [7, 11) is 0. The zero-order valence-corrected chi connectivity index (χ0v) is 37.4. The van der Waals surface area contributed by atoms with Gasteiger partial charge in [-0.3, -0.25) is 4.98 Å². The third kappa shape index (κ3) is 5.66. The van der Waals surface area contributed by atoms with E-state index in [1.165, 1.54) is 44.5 Å². The molecule has 322 valence electrons. The second kappa shape index (κ2) is 15.3. The van der Waals surface area contributed by atoms with Crippen LogP contribution in [-0.4, -0.2) is 15.0 Å². The second-order valence-electron chi connectivity index (χ2n) is 18.2. The Labute approximate surface area is 400 Å². The van der Waals surface area contributed by atoms with Gasteiger partial charge in [0.2, 0.25) is 0 Å². The van der Waals surface area contributed by atoms with E-state index in [1.54, 1.807) is 0 Å². The molecule has 11 aromatic rings. The van der Waals surface area contributed by atoms with Crippen molar-refractivity contribution in [2.45, 2.75) is 10.8 Å². The Bertz CT molecular complexity index is 3750. The van der Waals surface area contributed by atoms with Crippen LogP contribution in [0.15, 0.2) is 249 Å². The number of hydrogen-bond donors (Lipinski definition) is 0. The minimum Gasteiger partial charge on any atom is -0.456 e. The van der Waals surface area contributed by atoms with Gasteiger partial charge in [0, 0.05) is 45.1 Å². The van der Waals surface area contributed by atoms with Crippen LogP contribution in [0.2, 0.25) is 0 Å². The molecular formula is C65H41N3O. The lowest BCUT2D eigenvalue weighted by molar-refractivity contribution is 0.430. The minimum atomic E-state index is -0.710. The number of aromatic nitrogens is 3. The Kier molecular flexibility index (Phi) is 8.68. The first-order valence-corrected chi connectivity index (χ1v) is 23.6. The number of ether oxygens (including phenoxy) is 1. The van der Waals surface area contributed by atoms with Crippen LogP contribution in [0.3, 0.4) is 0 Å². The molecule has 2 aromatic heterocycles. The van der Waals surface area contributed by atoms with Crippen LogP contribution in [-0.2, 0) is 10.8 Å². The number of fused-ring (bicyclic) bond motifs is 15. The summed E-state index contributed by atoms with van der Waals surface area (Å²) in [4.78, 5) is 15.1. The molecule has 2 spiro atoms. The van der Waals surface area contributed by atoms with E-state index < -0.39 is 10.8 Å². The number of pyridine rings is 1. The molecule has 0 radical (unpaired) electrons. The number of nitrogens with zero attached hydrogens (tertiary/aromatic N) is 3. The van der Waals surface area contributed by atoms with Gasteiger partial charge in [0.05, 0.1) is 27.9 Å². The lowest BCUT2D eigenvalue weighted by Crippen LogP contribution is -2.45. The van der Waals surface area contributed by atoms with Crippen molar-refractivity contribution in [2.75, 3.05) is 0 Å². The van der Waals surface area contributed by atoms with Crippen LogP contribution in [0, 0.1) is 0 Å². The molecule has 3 aliphatic rings. The summed E-state index contributed by atoms with van der Waals surface area (Å²) in [6.07, 6.45) is 1.82. The molecule has 14 rings (SSSR count). The zero-order valence-electron chi connectivity index (χ0n) is 37.4. The number of benzene rings is 9. The van der Waals surface area contributed by atoms with Crippen LogP contribution in [0.5, 0.6) is 11.5 Å². The summed E-state index contributed by atoms with van der Waals surface area (Å²) in [5.41, 5.74) is 19.8. The summed E-state index contributed by atoms with van der Waals surface area (Å²) in [5, 5.41) is 0. The zero-order chi connectivity index (χ0) is 45.5. The van der Waals surface area contributed by atoms with E-state index in [1.807, 2.05) is 30.5 Å². The fourth-order valence-corrected chi connectivity index (χ4v) is 11.9. The molecule has 0 saturated carbocycles. The molecule has 0 saturated heterocycles. The van der Waals surface area contributed by atoms with E-state index in [0.717, 1.165) is 73.1 Å². The molecule has 1 aliphatic heterocycles. The smallest absolute Gasteiger partial charge is 0.160 e. The topological polar surface area (TPSA) is 47.9 Å². The Hall–Kier alpha value is -8.99. The second-order valence-corrected chi connectivity index (χ2v) is 18.2. The first-order valence-electron chi connectivity index (χ1n) is 23.6. The SMILES string of the molecule is c1ccc(-c2cc(-c3cccc(-c4cccc5c4Oc4ccccc4C54c5ccccc5C5(c6ccccc6-c6ccccc65)c5ccccc54)c3)nc(-c3cccc(-c4ccccn4)c3)n2)cc1. The van der Waals surface area contributed by atoms with Gasteiger partial charge in [-0.05, 0) is 86.5 Å². The molecule has 0 bridgehead atoms. The fraction of sp³-hybridized carbons (Fsp3) is 0.0308. The first-order chi connectivity index (χ1) is 34.2. The molecule has 3 heterocycles. The van der Waals surface area contributed by atoms with Crippen molar-refractivity contribution in [1.82, 2.24) is 15.0 Å². The third-order valence-corrected chi connectivity index (χ3v) is 14.7. The molecule has 9 aromatic carbocycles. The predicted octanol–water partition coefficient (Wildman–Crippen LogP) is 15.4. The summed E-state index contributed by atoms with van der Waals surface area (Å²) < 4.78 is 7.27. The summed E-state index contributed by atoms with van der Waals surface area (Å²) in [5.74, 6) is 2.34. The molecule has 0 unspecified atom stereocenters. The summed E-state index contributed by atoms with van der Waals surface area (Å²) in [6.45, 7) is 0. The van der Waals surface area contributed by atoms with Crippen LogP contribution in [0.1, 0.15) is 44.5 Å². The number of rotatable bonds is 5. The monoisotopic (exact) mass is 879 g/mol. The van der Waals surface area contributed by atoms with Crippen LogP contribution < -0.4 is 4.74 Å². The highest BCUT2D eigenvalue weighted by molar-refractivity contribution is 5.91. The standard InChI is InChI=1S/C65H41N3O/c1-2-19-42(20-3-1)59-41-60(68-63(67-59)46-24-17-22-44(40-46)58-36-14-15-38-66-58)45-23-16-21-43(39-45)47-27-18-35-57-62(47)69-61-37-13-12-34-56(61)65(57)54-32-10-8-30-52(54)64(53-31-9-11-33-55(53)65)50-28-6-4-25-48(50)49-26-5-7-29-51(49)64/h1-41H. The van der Waals surface area contributed by atoms with Crippen molar-refractivity contribution >= 4 is 0 Å². The maximum atomic E-state index is 7.27. The van der Waals surface area contributed by atoms with Crippen molar-refractivity contribution in [1.29, 1.82) is 0 Å². The molecule has 0 amide bonds. The van der Waals surface area contributed by atoms with Crippen molar-refractivity contribution in [3.05, 3.63) is 293 Å². The van der Waals surface area contributed by atoms with Crippen molar-refractivity contribution < 1.29 is 4.74 Å². The Balaban J connectivity index is 0.976. The number of hydrogen-bond acceptors (Lipinski definition) is 4. The quantitative estimate of drug-likeness (QED) is 0.173. The first kappa shape index (κ1) is 39.2. The molecule has 2 aliphatic carbocycles. The molecule has 4 heteroatoms. The molecule has 4 nitrogen and oxygen atoms in total. The highest BCUT2D eigenvalue weighted by Gasteiger charge is 2.58. The lowest BCUT2D eigenvalue weighted by Gasteiger charge is -2.51. The lowest BCUT2D eigenvalue weighted by atomic mass is 9.51. The maximum absolute atomic E-state index is 7.27. The summed E-state index contributed by atoms with van der Waals surface area (Å²) >= 11 is 0. The molecule has 0 fully saturated rings. The average molecular weight is 880 g/mol. The van der Waals surface area contributed by atoms with Gasteiger partial charge < -0.3 is 4.74 Å². The Morgan fingerprint density at radius 2 is 0.739 bits per heavy atom. The Morgan fingerprint density at radius 3 is 1.39 bits per heavy atom. The number of para-hydroxylation sites is 2. The van der Waals surface area contributed by atoms with E-state index >= 15 is 0 Å². The summed E-state index contributed by atoms with van der Waals surface area (Å²) in [6, 6.07) is 87.3. The maximum Gasteiger partial charge on any atom is 0.160 e. The highest BCUT2D eigenvalue weighted by atomic mass is 16.5. The van der Waals surface area contributed by atoms with Gasteiger partial charge >= 0.3 is 0 Å². The average Bonchev–Trinajstić information content (AvgIpc) is 3.73. The third-order valence-electron chi connectivity index (χ3n) is 14.7. The normalized spacial score (nSPS) is 13.9. The van der Waals surface area contributed by atoms with Gasteiger partial charge in [-0.1, -0.05) is 206 Å². The van der Waals surface area contributed by atoms with Crippen molar-refractivity contribution in [3.63, 3.8) is 0 Å². The van der Waals surface area contributed by atoms with E-state index in [-0.39, 0.29) is 0 Å².